The van der Waals surface area contributed by atoms with E-state index in [1.807, 2.05) is 72.5 Å². The molecule has 1 aliphatic heterocycles. The van der Waals surface area contributed by atoms with Gasteiger partial charge in [0, 0.05) is 26.1 Å². The lowest BCUT2D eigenvalue weighted by Gasteiger charge is -2.39. The summed E-state index contributed by atoms with van der Waals surface area (Å²) in [7, 11) is -3.14. The highest BCUT2D eigenvalue weighted by Crippen LogP contribution is 2.27. The molecule has 168 valence electrons. The van der Waals surface area contributed by atoms with Gasteiger partial charge < -0.3 is 15.3 Å². The zero-order valence-electron chi connectivity index (χ0n) is 18.6. The molecule has 1 unspecified atom stereocenters. The van der Waals surface area contributed by atoms with E-state index in [0.29, 0.717) is 32.0 Å². The summed E-state index contributed by atoms with van der Waals surface area (Å²) in [4.78, 5) is 6.77. The Labute approximate surface area is 185 Å². The SMILES string of the molecule is CCNC(=NCC(O)(Cc1ccccc1)c1ccccc1)N1CCS(=O)(=O)C(C)(C)C1. The van der Waals surface area contributed by atoms with Gasteiger partial charge in [0.25, 0.3) is 0 Å². The number of benzene rings is 2. The Morgan fingerprint density at radius 3 is 2.32 bits per heavy atom. The molecule has 3 rings (SSSR count). The third kappa shape index (κ3) is 5.46. The first-order valence-electron chi connectivity index (χ1n) is 10.7. The Hall–Kier alpha value is -2.38. The molecule has 0 aliphatic carbocycles. The van der Waals surface area contributed by atoms with Crippen LogP contribution < -0.4 is 5.32 Å². The van der Waals surface area contributed by atoms with Crippen LogP contribution in [0.4, 0.5) is 0 Å². The molecule has 1 saturated heterocycles. The van der Waals surface area contributed by atoms with E-state index in [1.165, 1.54) is 0 Å². The zero-order valence-corrected chi connectivity index (χ0v) is 19.4. The highest BCUT2D eigenvalue weighted by molar-refractivity contribution is 7.92. The molecule has 31 heavy (non-hydrogen) atoms. The van der Waals surface area contributed by atoms with E-state index in [1.54, 1.807) is 13.8 Å². The molecule has 0 saturated carbocycles. The Morgan fingerprint density at radius 2 is 1.74 bits per heavy atom. The number of guanidine groups is 1. The van der Waals surface area contributed by atoms with Crippen LogP contribution in [0.15, 0.2) is 65.7 Å². The minimum atomic E-state index is -3.14. The Balaban J connectivity index is 1.89. The first-order chi connectivity index (χ1) is 14.7. The van der Waals surface area contributed by atoms with Gasteiger partial charge in [-0.15, -0.1) is 0 Å². The molecule has 1 heterocycles. The van der Waals surface area contributed by atoms with Gasteiger partial charge in [-0.3, -0.25) is 0 Å². The molecule has 2 N–H and O–H groups in total. The van der Waals surface area contributed by atoms with Crippen LogP contribution in [0.1, 0.15) is 31.9 Å². The van der Waals surface area contributed by atoms with Gasteiger partial charge in [-0.05, 0) is 31.9 Å². The summed E-state index contributed by atoms with van der Waals surface area (Å²) in [5, 5.41) is 15.0. The topological polar surface area (TPSA) is 82.0 Å². The highest BCUT2D eigenvalue weighted by atomic mass is 32.2. The molecule has 7 heteroatoms. The second-order valence-corrected chi connectivity index (χ2v) is 11.5. The van der Waals surface area contributed by atoms with Gasteiger partial charge in [0.1, 0.15) is 5.60 Å². The molecule has 0 bridgehead atoms. The summed E-state index contributed by atoms with van der Waals surface area (Å²) in [6.07, 6.45) is 0.431. The van der Waals surface area contributed by atoms with Crippen LogP contribution in [0, 0.1) is 0 Å². The van der Waals surface area contributed by atoms with Crippen molar-refractivity contribution in [1.29, 1.82) is 0 Å². The maximum Gasteiger partial charge on any atom is 0.194 e. The molecular formula is C24H33N3O3S. The second-order valence-electron chi connectivity index (χ2n) is 8.73. The number of nitrogens with one attached hydrogen (secondary N) is 1. The largest absolute Gasteiger partial charge is 0.383 e. The second kappa shape index (κ2) is 9.40. The standard InChI is InChI=1S/C24H33N3O3S/c1-4-25-22(27-15-16-31(29,30)23(2,3)19-27)26-18-24(28,21-13-9-6-10-14-21)17-20-11-7-5-8-12-20/h5-14,28H,4,15-19H2,1-3H3,(H,25,26). The fourth-order valence-electron chi connectivity index (χ4n) is 3.89. The molecule has 0 spiro atoms. The molecule has 0 amide bonds. The Kier molecular flexibility index (Phi) is 7.06. The van der Waals surface area contributed by atoms with Crippen molar-refractivity contribution >= 4 is 15.8 Å². The van der Waals surface area contributed by atoms with Gasteiger partial charge >= 0.3 is 0 Å². The Bertz CT molecular complexity index is 991. The summed E-state index contributed by atoms with van der Waals surface area (Å²) >= 11 is 0. The van der Waals surface area contributed by atoms with Gasteiger partial charge in [-0.25, -0.2) is 13.4 Å². The number of sulfone groups is 1. The minimum Gasteiger partial charge on any atom is -0.383 e. The van der Waals surface area contributed by atoms with Crippen molar-refractivity contribution in [3.63, 3.8) is 0 Å². The molecule has 0 radical (unpaired) electrons. The van der Waals surface area contributed by atoms with Crippen molar-refractivity contribution in [2.45, 2.75) is 37.5 Å². The lowest BCUT2D eigenvalue weighted by Crippen LogP contribution is -2.57. The van der Waals surface area contributed by atoms with Gasteiger partial charge in [0.2, 0.25) is 0 Å². The molecule has 2 aromatic carbocycles. The monoisotopic (exact) mass is 443 g/mol. The van der Waals surface area contributed by atoms with Crippen LogP contribution in [0.5, 0.6) is 0 Å². The maximum atomic E-state index is 12.4. The van der Waals surface area contributed by atoms with E-state index in [0.717, 1.165) is 11.1 Å². The van der Waals surface area contributed by atoms with Gasteiger partial charge in [0.05, 0.1) is 17.0 Å². The van der Waals surface area contributed by atoms with Crippen LogP contribution in [-0.2, 0) is 21.9 Å². The van der Waals surface area contributed by atoms with Crippen molar-refractivity contribution < 1.29 is 13.5 Å². The molecule has 6 nitrogen and oxygen atoms in total. The normalized spacial score (nSPS) is 20.1. The van der Waals surface area contributed by atoms with Crippen LogP contribution in [0.25, 0.3) is 0 Å². The summed E-state index contributed by atoms with van der Waals surface area (Å²) in [6.45, 7) is 7.07. The summed E-state index contributed by atoms with van der Waals surface area (Å²) in [5.74, 6) is 0.727. The minimum absolute atomic E-state index is 0.0946. The average Bonchev–Trinajstić information content (AvgIpc) is 2.74. The number of aliphatic imine (C=N–C) groups is 1. The van der Waals surface area contributed by atoms with Gasteiger partial charge in [0.15, 0.2) is 15.8 Å². The quantitative estimate of drug-likeness (QED) is 0.530. The number of aliphatic hydroxyl groups is 1. The summed E-state index contributed by atoms with van der Waals surface area (Å²) < 4.78 is 24.0. The van der Waals surface area contributed by atoms with Crippen molar-refractivity contribution in [2.75, 3.05) is 31.9 Å². The number of hydrogen-bond donors (Lipinski definition) is 2. The van der Waals surface area contributed by atoms with E-state index in [2.05, 4.69) is 5.32 Å². The third-order valence-corrected chi connectivity index (χ3v) is 8.35. The van der Waals surface area contributed by atoms with E-state index in [-0.39, 0.29) is 12.3 Å². The fraction of sp³-hybridized carbons (Fsp3) is 0.458. The van der Waals surface area contributed by atoms with Crippen LogP contribution in [-0.4, -0.2) is 61.1 Å². The predicted octanol–water partition coefficient (Wildman–Crippen LogP) is 2.59. The molecule has 1 fully saturated rings. The van der Waals surface area contributed by atoms with E-state index in [9.17, 15) is 13.5 Å². The average molecular weight is 444 g/mol. The molecule has 1 aliphatic rings. The maximum absolute atomic E-state index is 12.4. The lowest BCUT2D eigenvalue weighted by atomic mass is 9.87. The van der Waals surface area contributed by atoms with Crippen LogP contribution >= 0.6 is 0 Å². The smallest absolute Gasteiger partial charge is 0.194 e. The first kappa shape index (κ1) is 23.3. The van der Waals surface area contributed by atoms with Crippen molar-refractivity contribution in [3.05, 3.63) is 71.8 Å². The van der Waals surface area contributed by atoms with Crippen LogP contribution in [0.2, 0.25) is 0 Å². The van der Waals surface area contributed by atoms with Crippen LogP contribution in [0.3, 0.4) is 0 Å². The van der Waals surface area contributed by atoms with Gasteiger partial charge in [-0.1, -0.05) is 60.7 Å². The van der Waals surface area contributed by atoms with Crippen molar-refractivity contribution in [2.24, 2.45) is 4.99 Å². The first-order valence-corrected chi connectivity index (χ1v) is 12.4. The Morgan fingerprint density at radius 1 is 1.13 bits per heavy atom. The van der Waals surface area contributed by atoms with E-state index in [4.69, 9.17) is 4.99 Å². The van der Waals surface area contributed by atoms with E-state index < -0.39 is 20.2 Å². The highest BCUT2D eigenvalue weighted by Gasteiger charge is 2.41. The lowest BCUT2D eigenvalue weighted by molar-refractivity contribution is 0.0464. The third-order valence-electron chi connectivity index (χ3n) is 5.82. The van der Waals surface area contributed by atoms with E-state index >= 15 is 0 Å². The van der Waals surface area contributed by atoms with Crippen molar-refractivity contribution in [3.8, 4) is 0 Å². The molecule has 0 aromatic heterocycles. The summed E-state index contributed by atoms with van der Waals surface area (Å²) in [6, 6.07) is 19.5. The number of rotatable bonds is 6. The predicted molar refractivity (Wildman–Crippen MR) is 126 cm³/mol. The number of hydrogen-bond acceptors (Lipinski definition) is 4. The van der Waals surface area contributed by atoms with Gasteiger partial charge in [-0.2, -0.15) is 0 Å². The number of nitrogens with zero attached hydrogens (tertiary/aromatic N) is 2. The fourth-order valence-corrected chi connectivity index (χ4v) is 5.25. The van der Waals surface area contributed by atoms with Crippen molar-refractivity contribution in [1.82, 2.24) is 10.2 Å². The molecular weight excluding hydrogens is 410 g/mol. The summed E-state index contributed by atoms with van der Waals surface area (Å²) in [5.41, 5.74) is 0.653. The zero-order chi connectivity index (χ0) is 22.5. The molecule has 1 atom stereocenters. The molecule has 2 aromatic rings.